The van der Waals surface area contributed by atoms with Gasteiger partial charge in [-0.1, -0.05) is 12.2 Å². The first-order valence-corrected chi connectivity index (χ1v) is 3.71. The van der Waals surface area contributed by atoms with E-state index < -0.39 is 0 Å². The molecule has 0 aromatic carbocycles. The fourth-order valence-corrected chi connectivity index (χ4v) is 1.51. The second kappa shape index (κ2) is 2.98. The maximum atomic E-state index is 5.26. The van der Waals surface area contributed by atoms with Crippen LogP contribution in [0.15, 0.2) is 0 Å². The van der Waals surface area contributed by atoms with E-state index in [0.717, 1.165) is 12.8 Å². The zero-order chi connectivity index (χ0) is 6.69. The summed E-state index contributed by atoms with van der Waals surface area (Å²) in [4.78, 5) is 1.17. The summed E-state index contributed by atoms with van der Waals surface area (Å²) in [7, 11) is 0. The highest BCUT2D eigenvalue weighted by Gasteiger charge is 2.13. The molecule has 1 unspecified atom stereocenters. The van der Waals surface area contributed by atoms with Crippen LogP contribution in [0.25, 0.3) is 0 Å². The van der Waals surface area contributed by atoms with Crippen molar-refractivity contribution in [2.24, 2.45) is 5.92 Å². The Morgan fingerprint density at radius 3 is 2.89 bits per heavy atom. The average Bonchev–Trinajstić information content (AvgIpc) is 1.88. The van der Waals surface area contributed by atoms with Gasteiger partial charge in [-0.2, -0.15) is 0 Å². The Labute approximate surface area is 61.6 Å². The molecule has 48 valence electrons. The zero-order valence-corrected chi connectivity index (χ0v) is 6.21. The Morgan fingerprint density at radius 2 is 2.44 bits per heavy atom. The molecule has 0 nitrogen and oxygen atoms in total. The number of hydrogen-bond acceptors (Lipinski definition) is 1. The third-order valence-corrected chi connectivity index (χ3v) is 2.09. The molecule has 1 heteroatoms. The second-order valence-corrected chi connectivity index (χ2v) is 3.08. The summed E-state index contributed by atoms with van der Waals surface area (Å²) in [5.74, 6) is 3.20. The van der Waals surface area contributed by atoms with Crippen LogP contribution in [0, 0.1) is 18.3 Å². The van der Waals surface area contributed by atoms with E-state index in [1.807, 2.05) is 0 Å². The molecule has 0 N–H and O–H groups in total. The topological polar surface area (TPSA) is 0 Å². The molecule has 1 aliphatic rings. The molecule has 0 amide bonds. The molecular formula is C8H10S. The van der Waals surface area contributed by atoms with Crippen molar-refractivity contribution in [2.75, 3.05) is 0 Å². The molecule has 0 heterocycles. The molecule has 0 aromatic heterocycles. The van der Waals surface area contributed by atoms with Gasteiger partial charge in [-0.15, -0.1) is 12.3 Å². The van der Waals surface area contributed by atoms with Crippen molar-refractivity contribution in [3.05, 3.63) is 0 Å². The van der Waals surface area contributed by atoms with Crippen molar-refractivity contribution in [1.82, 2.24) is 0 Å². The highest BCUT2D eigenvalue weighted by atomic mass is 32.1. The Balaban J connectivity index is 2.43. The van der Waals surface area contributed by atoms with Gasteiger partial charge < -0.3 is 0 Å². The largest absolute Gasteiger partial charge is 0.120 e. The Hall–Kier alpha value is -0.350. The van der Waals surface area contributed by atoms with Gasteiger partial charge in [0.25, 0.3) is 0 Å². The minimum Gasteiger partial charge on any atom is -0.120 e. The summed E-state index contributed by atoms with van der Waals surface area (Å²) >= 11 is 5.05. The summed E-state index contributed by atoms with van der Waals surface area (Å²) in [6.45, 7) is 0. The molecule has 0 saturated heterocycles. The van der Waals surface area contributed by atoms with Crippen LogP contribution in [-0.4, -0.2) is 4.86 Å². The maximum absolute atomic E-state index is 5.26. The number of thiocarbonyl (C=S) groups is 1. The van der Waals surface area contributed by atoms with E-state index >= 15 is 0 Å². The zero-order valence-electron chi connectivity index (χ0n) is 5.39. The number of rotatable bonds is 0. The van der Waals surface area contributed by atoms with Gasteiger partial charge in [-0.05, 0) is 30.5 Å². The fourth-order valence-electron chi connectivity index (χ4n) is 1.17. The molecule has 0 radical (unpaired) electrons. The lowest BCUT2D eigenvalue weighted by Gasteiger charge is -2.16. The first kappa shape index (κ1) is 6.77. The van der Waals surface area contributed by atoms with Crippen molar-refractivity contribution < 1.29 is 0 Å². The summed E-state index contributed by atoms with van der Waals surface area (Å²) in [6.07, 6.45) is 9.75. The number of hydrogen-bond donors (Lipinski definition) is 0. The molecule has 1 aliphatic carbocycles. The second-order valence-electron chi connectivity index (χ2n) is 2.50. The van der Waals surface area contributed by atoms with Crippen molar-refractivity contribution in [2.45, 2.75) is 25.7 Å². The van der Waals surface area contributed by atoms with Crippen molar-refractivity contribution in [1.29, 1.82) is 0 Å². The highest BCUT2D eigenvalue weighted by molar-refractivity contribution is 7.80. The van der Waals surface area contributed by atoms with E-state index in [0.29, 0.717) is 5.92 Å². The molecule has 9 heavy (non-hydrogen) atoms. The SMILES string of the molecule is C#CC1CCCC(=S)C1. The lowest BCUT2D eigenvalue weighted by atomic mass is 9.90. The molecule has 1 atom stereocenters. The van der Waals surface area contributed by atoms with Crippen LogP contribution in [0.3, 0.4) is 0 Å². The van der Waals surface area contributed by atoms with Crippen LogP contribution in [0.4, 0.5) is 0 Å². The third-order valence-electron chi connectivity index (χ3n) is 1.72. The average molecular weight is 138 g/mol. The molecule has 0 bridgehead atoms. The van der Waals surface area contributed by atoms with Gasteiger partial charge in [0.1, 0.15) is 0 Å². The predicted molar refractivity (Wildman–Crippen MR) is 43.4 cm³/mol. The monoisotopic (exact) mass is 138 g/mol. The van der Waals surface area contributed by atoms with Gasteiger partial charge in [0.2, 0.25) is 0 Å². The van der Waals surface area contributed by atoms with Crippen LogP contribution in [-0.2, 0) is 0 Å². The molecule has 1 fully saturated rings. The smallest absolute Gasteiger partial charge is 0.0245 e. The van der Waals surface area contributed by atoms with E-state index in [-0.39, 0.29) is 0 Å². The minimum atomic E-state index is 0.450. The van der Waals surface area contributed by atoms with Gasteiger partial charge in [0, 0.05) is 5.92 Å². The van der Waals surface area contributed by atoms with E-state index in [1.165, 1.54) is 17.7 Å². The van der Waals surface area contributed by atoms with Crippen LogP contribution in [0.5, 0.6) is 0 Å². The van der Waals surface area contributed by atoms with Gasteiger partial charge in [0.05, 0.1) is 0 Å². The molecule has 0 aromatic rings. The fraction of sp³-hybridized carbons (Fsp3) is 0.625. The van der Waals surface area contributed by atoms with E-state index in [4.69, 9.17) is 18.6 Å². The van der Waals surface area contributed by atoms with E-state index in [2.05, 4.69) is 5.92 Å². The van der Waals surface area contributed by atoms with Gasteiger partial charge in [-0.25, -0.2) is 0 Å². The Bertz CT molecular complexity index is 152. The summed E-state index contributed by atoms with van der Waals surface area (Å²) in [5.41, 5.74) is 0. The highest BCUT2D eigenvalue weighted by Crippen LogP contribution is 2.20. The van der Waals surface area contributed by atoms with Gasteiger partial charge >= 0.3 is 0 Å². The lowest BCUT2D eigenvalue weighted by Crippen LogP contribution is -2.11. The predicted octanol–water partition coefficient (Wildman–Crippen LogP) is 2.18. The van der Waals surface area contributed by atoms with E-state index in [1.54, 1.807) is 0 Å². The first-order valence-electron chi connectivity index (χ1n) is 3.31. The number of terminal acetylenes is 1. The van der Waals surface area contributed by atoms with Crippen molar-refractivity contribution in [3.8, 4) is 12.3 Å². The Kier molecular flexibility index (Phi) is 2.24. The molecule has 1 saturated carbocycles. The summed E-state index contributed by atoms with van der Waals surface area (Å²) in [5, 5.41) is 0. The van der Waals surface area contributed by atoms with Gasteiger partial charge in [-0.3, -0.25) is 0 Å². The minimum absolute atomic E-state index is 0.450. The first-order chi connectivity index (χ1) is 4.33. The van der Waals surface area contributed by atoms with Crippen LogP contribution in [0.2, 0.25) is 0 Å². The van der Waals surface area contributed by atoms with E-state index in [9.17, 15) is 0 Å². The lowest BCUT2D eigenvalue weighted by molar-refractivity contribution is 0.571. The quantitative estimate of drug-likeness (QED) is 0.365. The normalized spacial score (nSPS) is 27.4. The van der Waals surface area contributed by atoms with Crippen molar-refractivity contribution in [3.63, 3.8) is 0 Å². The maximum Gasteiger partial charge on any atom is 0.0245 e. The van der Waals surface area contributed by atoms with Crippen LogP contribution >= 0.6 is 12.2 Å². The van der Waals surface area contributed by atoms with Crippen LogP contribution in [0.1, 0.15) is 25.7 Å². The molecule has 1 rings (SSSR count). The summed E-state index contributed by atoms with van der Waals surface area (Å²) in [6, 6.07) is 0. The van der Waals surface area contributed by atoms with Gasteiger partial charge in [0.15, 0.2) is 0 Å². The molecule has 0 spiro atoms. The van der Waals surface area contributed by atoms with Crippen molar-refractivity contribution >= 4 is 17.1 Å². The standard InChI is InChI=1S/C8H10S/c1-2-7-4-3-5-8(9)6-7/h1,7H,3-6H2. The molecular weight excluding hydrogens is 128 g/mol. The third kappa shape index (κ3) is 1.80. The molecule has 0 aliphatic heterocycles. The summed E-state index contributed by atoms with van der Waals surface area (Å²) < 4.78 is 0. The Morgan fingerprint density at radius 1 is 1.67 bits per heavy atom. The van der Waals surface area contributed by atoms with Crippen LogP contribution < -0.4 is 0 Å².